The van der Waals surface area contributed by atoms with Crippen LogP contribution < -0.4 is 5.32 Å². The minimum Gasteiger partial charge on any atom is -0.348 e. The Morgan fingerprint density at radius 1 is 0.926 bits per heavy atom. The second-order valence-corrected chi connectivity index (χ2v) is 7.32. The van der Waals surface area contributed by atoms with E-state index >= 15 is 0 Å². The summed E-state index contributed by atoms with van der Waals surface area (Å²) in [6.45, 7) is 0.367. The van der Waals surface area contributed by atoms with Crippen molar-refractivity contribution in [3.63, 3.8) is 0 Å². The van der Waals surface area contributed by atoms with Gasteiger partial charge < -0.3 is 10.3 Å². The van der Waals surface area contributed by atoms with Crippen LogP contribution >= 0.6 is 11.8 Å². The zero-order valence-corrected chi connectivity index (χ0v) is 15.4. The number of aromatic nitrogens is 2. The highest BCUT2D eigenvalue weighted by Gasteiger charge is 2.22. The zero-order chi connectivity index (χ0) is 18.5. The molecule has 1 aromatic heterocycles. The lowest BCUT2D eigenvalue weighted by atomic mass is 10.1. The van der Waals surface area contributed by atoms with Gasteiger partial charge in [0.15, 0.2) is 0 Å². The molecule has 0 spiro atoms. The first-order valence-electron chi connectivity index (χ1n) is 8.77. The van der Waals surface area contributed by atoms with Gasteiger partial charge in [0.2, 0.25) is 5.91 Å². The van der Waals surface area contributed by atoms with Gasteiger partial charge in [-0.05, 0) is 29.8 Å². The summed E-state index contributed by atoms with van der Waals surface area (Å²) in [5.74, 6) is 0.719. The van der Waals surface area contributed by atoms with Crippen molar-refractivity contribution < 1.29 is 4.79 Å². The number of amides is 1. The van der Waals surface area contributed by atoms with E-state index < -0.39 is 0 Å². The Bertz CT molecular complexity index is 998. The summed E-state index contributed by atoms with van der Waals surface area (Å²) in [5, 5.41) is 2.70. The maximum absolute atomic E-state index is 13.0. The first-order valence-corrected chi connectivity index (χ1v) is 9.65. The molecule has 0 radical (unpaired) electrons. The number of fused-ring (bicyclic) bond motifs is 1. The molecule has 4 nitrogen and oxygen atoms in total. The molecule has 1 heterocycles. The van der Waals surface area contributed by atoms with Crippen molar-refractivity contribution in [3.8, 4) is 0 Å². The number of carbonyl (C=O) groups excluding carboxylic acids is 1. The molecule has 4 aromatic rings. The minimum absolute atomic E-state index is 0.0319. The van der Waals surface area contributed by atoms with Gasteiger partial charge in [0, 0.05) is 4.90 Å². The maximum Gasteiger partial charge on any atom is 0.238 e. The average molecular weight is 373 g/mol. The van der Waals surface area contributed by atoms with Gasteiger partial charge in [-0.25, -0.2) is 4.98 Å². The molecule has 27 heavy (non-hydrogen) atoms. The maximum atomic E-state index is 13.0. The fourth-order valence-electron chi connectivity index (χ4n) is 2.89. The van der Waals surface area contributed by atoms with Gasteiger partial charge in [-0.1, -0.05) is 60.7 Å². The van der Waals surface area contributed by atoms with E-state index in [-0.39, 0.29) is 11.2 Å². The van der Waals surface area contributed by atoms with Crippen molar-refractivity contribution in [2.75, 3.05) is 0 Å². The summed E-state index contributed by atoms with van der Waals surface area (Å²) in [7, 11) is 0. The number of hydrogen-bond donors (Lipinski definition) is 2. The topological polar surface area (TPSA) is 57.8 Å². The van der Waals surface area contributed by atoms with Crippen molar-refractivity contribution in [2.24, 2.45) is 0 Å². The number of nitrogens with one attached hydrogen (secondary N) is 2. The molecular weight excluding hydrogens is 354 g/mol. The van der Waals surface area contributed by atoms with Gasteiger partial charge in [0.25, 0.3) is 0 Å². The smallest absolute Gasteiger partial charge is 0.238 e. The molecule has 5 heteroatoms. The normalized spacial score (nSPS) is 12.0. The SMILES string of the molecule is O=C(NCc1nc2ccccc2[nH]1)[C@H](Sc1ccccc1)c1ccccc1. The predicted molar refractivity (Wildman–Crippen MR) is 109 cm³/mol. The monoisotopic (exact) mass is 373 g/mol. The molecule has 134 valence electrons. The van der Waals surface area contributed by atoms with Crippen molar-refractivity contribution >= 4 is 28.7 Å². The largest absolute Gasteiger partial charge is 0.348 e. The van der Waals surface area contributed by atoms with E-state index in [0.717, 1.165) is 27.3 Å². The highest BCUT2D eigenvalue weighted by molar-refractivity contribution is 8.00. The van der Waals surface area contributed by atoms with Crippen molar-refractivity contribution in [2.45, 2.75) is 16.7 Å². The van der Waals surface area contributed by atoms with Gasteiger partial charge in [0.1, 0.15) is 11.1 Å². The molecule has 3 aromatic carbocycles. The Balaban J connectivity index is 1.51. The number of benzene rings is 3. The molecule has 0 aliphatic carbocycles. The molecule has 0 bridgehead atoms. The average Bonchev–Trinajstić information content (AvgIpc) is 3.15. The van der Waals surface area contributed by atoms with E-state index in [1.165, 1.54) is 0 Å². The van der Waals surface area contributed by atoms with Gasteiger partial charge in [0.05, 0.1) is 17.6 Å². The summed E-state index contributed by atoms with van der Waals surface area (Å²) >= 11 is 1.55. The number of carbonyl (C=O) groups is 1. The number of H-pyrrole nitrogens is 1. The Morgan fingerprint density at radius 2 is 1.59 bits per heavy atom. The van der Waals surface area contributed by atoms with Gasteiger partial charge in [-0.15, -0.1) is 11.8 Å². The van der Waals surface area contributed by atoms with Crippen LogP contribution in [0.15, 0.2) is 89.8 Å². The molecule has 0 aliphatic rings. The Hall–Kier alpha value is -3.05. The summed E-state index contributed by atoms with van der Waals surface area (Å²) in [4.78, 5) is 21.8. The Labute approximate surface area is 162 Å². The molecule has 0 saturated carbocycles. The van der Waals surface area contributed by atoms with E-state index in [1.807, 2.05) is 84.9 Å². The van der Waals surface area contributed by atoms with Gasteiger partial charge in [-0.3, -0.25) is 4.79 Å². The molecule has 0 fully saturated rings. The molecule has 2 N–H and O–H groups in total. The van der Waals surface area contributed by atoms with Crippen LogP contribution in [0.5, 0.6) is 0 Å². The molecular formula is C22H19N3OS. The Morgan fingerprint density at radius 3 is 2.33 bits per heavy atom. The van der Waals surface area contributed by atoms with E-state index in [2.05, 4.69) is 15.3 Å². The van der Waals surface area contributed by atoms with Crippen LogP contribution in [0.4, 0.5) is 0 Å². The van der Waals surface area contributed by atoms with E-state index in [0.29, 0.717) is 6.54 Å². The van der Waals surface area contributed by atoms with Crippen molar-refractivity contribution in [1.29, 1.82) is 0 Å². The zero-order valence-electron chi connectivity index (χ0n) is 14.6. The van der Waals surface area contributed by atoms with Crippen molar-refractivity contribution in [1.82, 2.24) is 15.3 Å². The molecule has 0 aliphatic heterocycles. The number of para-hydroxylation sites is 2. The highest BCUT2D eigenvalue weighted by atomic mass is 32.2. The summed E-state index contributed by atoms with van der Waals surface area (Å²) in [6.07, 6.45) is 0. The Kier molecular flexibility index (Phi) is 5.21. The number of rotatable bonds is 6. The predicted octanol–water partition coefficient (Wildman–Crippen LogP) is 4.71. The second kappa shape index (κ2) is 8.10. The molecule has 1 atom stereocenters. The number of thioether (sulfide) groups is 1. The molecule has 4 rings (SSSR count). The van der Waals surface area contributed by atoms with Crippen LogP contribution in [0.1, 0.15) is 16.6 Å². The van der Waals surface area contributed by atoms with E-state index in [9.17, 15) is 4.79 Å². The van der Waals surface area contributed by atoms with E-state index in [4.69, 9.17) is 0 Å². The van der Waals surface area contributed by atoms with Crippen LogP contribution in [-0.2, 0) is 11.3 Å². The second-order valence-electron chi connectivity index (χ2n) is 6.14. The lowest BCUT2D eigenvalue weighted by Crippen LogP contribution is -2.28. The van der Waals surface area contributed by atoms with Crippen molar-refractivity contribution in [3.05, 3.63) is 96.3 Å². The van der Waals surface area contributed by atoms with Gasteiger partial charge >= 0.3 is 0 Å². The fraction of sp³-hybridized carbons (Fsp3) is 0.0909. The summed E-state index contributed by atoms with van der Waals surface area (Å²) < 4.78 is 0. The van der Waals surface area contributed by atoms with Crippen LogP contribution in [-0.4, -0.2) is 15.9 Å². The van der Waals surface area contributed by atoms with Crippen LogP contribution in [0.25, 0.3) is 11.0 Å². The number of hydrogen-bond acceptors (Lipinski definition) is 3. The molecule has 1 amide bonds. The number of imidazole rings is 1. The fourth-order valence-corrected chi connectivity index (χ4v) is 3.96. The lowest BCUT2D eigenvalue weighted by Gasteiger charge is -2.16. The molecule has 0 saturated heterocycles. The summed E-state index contributed by atoms with van der Waals surface area (Å²) in [6, 6.07) is 27.7. The number of aromatic amines is 1. The lowest BCUT2D eigenvalue weighted by molar-refractivity contribution is -0.120. The third-order valence-electron chi connectivity index (χ3n) is 4.21. The number of nitrogens with zero attached hydrogens (tertiary/aromatic N) is 1. The first-order chi connectivity index (χ1) is 13.3. The highest BCUT2D eigenvalue weighted by Crippen LogP contribution is 2.35. The van der Waals surface area contributed by atoms with Crippen LogP contribution in [0.2, 0.25) is 0 Å². The quantitative estimate of drug-likeness (QED) is 0.481. The van der Waals surface area contributed by atoms with E-state index in [1.54, 1.807) is 11.8 Å². The van der Waals surface area contributed by atoms with Gasteiger partial charge in [-0.2, -0.15) is 0 Å². The summed E-state index contributed by atoms with van der Waals surface area (Å²) in [5.41, 5.74) is 2.86. The standard InChI is InChI=1S/C22H19N3OS/c26-22(23-15-20-24-18-13-7-8-14-19(18)25-20)21(16-9-3-1-4-10-16)27-17-11-5-2-6-12-17/h1-14,21H,15H2,(H,23,26)(H,24,25)/t21-/m1/s1. The minimum atomic E-state index is -0.321. The van der Waals surface area contributed by atoms with Crippen LogP contribution in [0.3, 0.4) is 0 Å². The first kappa shape index (κ1) is 17.4. The third-order valence-corrected chi connectivity index (χ3v) is 5.47. The molecule has 0 unspecified atom stereocenters. The van der Waals surface area contributed by atoms with Crippen LogP contribution in [0, 0.1) is 0 Å². The third kappa shape index (κ3) is 4.20.